The largest absolute Gasteiger partial charge is 0.348 e. The SMILES string of the molecule is Cc1ccc(C(=O)NCc2ccc(-n3ccnc3C)c(F)c2)cc1NS(C)(=O)=O. The van der Waals surface area contributed by atoms with Gasteiger partial charge in [-0.2, -0.15) is 0 Å². The first-order valence-corrected chi connectivity index (χ1v) is 10.7. The van der Waals surface area contributed by atoms with Gasteiger partial charge in [0.15, 0.2) is 0 Å². The number of sulfonamides is 1. The third-order valence-electron chi connectivity index (χ3n) is 4.35. The van der Waals surface area contributed by atoms with Gasteiger partial charge in [-0.15, -0.1) is 0 Å². The zero-order valence-electron chi connectivity index (χ0n) is 16.2. The van der Waals surface area contributed by atoms with Gasteiger partial charge in [0.25, 0.3) is 5.91 Å². The van der Waals surface area contributed by atoms with E-state index < -0.39 is 21.7 Å². The molecule has 0 spiro atoms. The molecule has 7 nitrogen and oxygen atoms in total. The second-order valence-electron chi connectivity index (χ2n) is 6.72. The summed E-state index contributed by atoms with van der Waals surface area (Å²) >= 11 is 0. The second kappa shape index (κ2) is 8.04. The number of hydrogen-bond acceptors (Lipinski definition) is 4. The van der Waals surface area contributed by atoms with Crippen LogP contribution in [0.25, 0.3) is 5.69 Å². The molecule has 1 heterocycles. The summed E-state index contributed by atoms with van der Waals surface area (Å²) in [6, 6.07) is 9.45. The van der Waals surface area contributed by atoms with E-state index in [9.17, 15) is 17.6 Å². The van der Waals surface area contributed by atoms with Crippen LogP contribution in [0.2, 0.25) is 0 Å². The molecule has 9 heteroatoms. The minimum Gasteiger partial charge on any atom is -0.348 e. The molecule has 0 atom stereocenters. The molecule has 3 rings (SSSR count). The number of rotatable bonds is 6. The van der Waals surface area contributed by atoms with Gasteiger partial charge in [0, 0.05) is 24.5 Å². The van der Waals surface area contributed by atoms with Crippen molar-refractivity contribution in [1.29, 1.82) is 0 Å². The third-order valence-corrected chi connectivity index (χ3v) is 4.94. The summed E-state index contributed by atoms with van der Waals surface area (Å²) in [5.74, 6) is -0.146. The van der Waals surface area contributed by atoms with E-state index in [1.54, 1.807) is 55.1 Å². The molecule has 29 heavy (non-hydrogen) atoms. The Morgan fingerprint density at radius 1 is 1.17 bits per heavy atom. The fraction of sp³-hybridized carbons (Fsp3) is 0.200. The summed E-state index contributed by atoms with van der Waals surface area (Å²) < 4.78 is 41.4. The zero-order chi connectivity index (χ0) is 21.2. The van der Waals surface area contributed by atoms with Crippen LogP contribution in [0.3, 0.4) is 0 Å². The van der Waals surface area contributed by atoms with Crippen molar-refractivity contribution in [3.05, 3.63) is 77.1 Å². The molecule has 2 aromatic carbocycles. The number of carbonyl (C=O) groups excluding carboxylic acids is 1. The Morgan fingerprint density at radius 3 is 2.55 bits per heavy atom. The van der Waals surface area contributed by atoms with Crippen LogP contribution in [0.1, 0.15) is 27.3 Å². The molecular weight excluding hydrogens is 395 g/mol. The van der Waals surface area contributed by atoms with Gasteiger partial charge in [-0.3, -0.25) is 9.52 Å². The van der Waals surface area contributed by atoms with E-state index in [-0.39, 0.29) is 6.54 Å². The van der Waals surface area contributed by atoms with Crippen LogP contribution in [-0.4, -0.2) is 30.1 Å². The summed E-state index contributed by atoms with van der Waals surface area (Å²) in [4.78, 5) is 16.5. The van der Waals surface area contributed by atoms with Gasteiger partial charge in [0.2, 0.25) is 10.0 Å². The van der Waals surface area contributed by atoms with E-state index in [1.807, 2.05) is 0 Å². The molecular formula is C20H21FN4O3S. The fourth-order valence-corrected chi connectivity index (χ4v) is 3.47. The first-order valence-electron chi connectivity index (χ1n) is 8.79. The second-order valence-corrected chi connectivity index (χ2v) is 8.47. The van der Waals surface area contributed by atoms with Gasteiger partial charge in [-0.05, 0) is 49.2 Å². The lowest BCUT2D eigenvalue weighted by Crippen LogP contribution is -2.23. The van der Waals surface area contributed by atoms with Crippen LogP contribution < -0.4 is 10.0 Å². The maximum absolute atomic E-state index is 14.5. The minimum absolute atomic E-state index is 0.127. The minimum atomic E-state index is -3.46. The Morgan fingerprint density at radius 2 is 1.93 bits per heavy atom. The van der Waals surface area contributed by atoms with Gasteiger partial charge in [-0.1, -0.05) is 12.1 Å². The van der Waals surface area contributed by atoms with E-state index in [0.29, 0.717) is 33.9 Å². The molecule has 0 saturated heterocycles. The maximum atomic E-state index is 14.5. The molecule has 1 aromatic heterocycles. The summed E-state index contributed by atoms with van der Waals surface area (Å²) in [5, 5.41) is 2.72. The summed E-state index contributed by atoms with van der Waals surface area (Å²) in [7, 11) is -3.46. The molecule has 2 N–H and O–H groups in total. The highest BCUT2D eigenvalue weighted by Gasteiger charge is 2.12. The summed E-state index contributed by atoms with van der Waals surface area (Å²) in [6.07, 6.45) is 4.31. The zero-order valence-corrected chi connectivity index (χ0v) is 17.0. The Labute approximate surface area is 168 Å². The number of nitrogens with zero attached hydrogens (tertiary/aromatic N) is 2. The molecule has 0 radical (unpaired) electrons. The Hall–Kier alpha value is -3.20. The molecule has 0 unspecified atom stereocenters. The van der Waals surface area contributed by atoms with E-state index >= 15 is 0 Å². The van der Waals surface area contributed by atoms with Crippen LogP contribution in [0.15, 0.2) is 48.8 Å². The molecule has 0 aliphatic rings. The molecule has 1 amide bonds. The topological polar surface area (TPSA) is 93.1 Å². The molecule has 0 aliphatic heterocycles. The van der Waals surface area contributed by atoms with Crippen LogP contribution in [0, 0.1) is 19.7 Å². The smallest absolute Gasteiger partial charge is 0.251 e. The Bertz CT molecular complexity index is 1170. The highest BCUT2D eigenvalue weighted by atomic mass is 32.2. The highest BCUT2D eigenvalue weighted by Crippen LogP contribution is 2.19. The van der Waals surface area contributed by atoms with Gasteiger partial charge >= 0.3 is 0 Å². The number of amides is 1. The Kier molecular flexibility index (Phi) is 5.69. The van der Waals surface area contributed by atoms with Crippen LogP contribution in [-0.2, 0) is 16.6 Å². The van der Waals surface area contributed by atoms with E-state index in [2.05, 4.69) is 15.0 Å². The number of halogens is 1. The van der Waals surface area contributed by atoms with E-state index in [0.717, 1.165) is 6.26 Å². The normalized spacial score (nSPS) is 11.3. The number of aryl methyl sites for hydroxylation is 2. The number of anilines is 1. The molecule has 0 aliphatic carbocycles. The van der Waals surface area contributed by atoms with E-state index in [1.165, 1.54) is 12.1 Å². The standard InChI is InChI=1S/C20H21FN4O3S/c1-13-4-6-16(11-18(13)24-29(3,27)28)20(26)23-12-15-5-7-19(17(21)10-15)25-9-8-22-14(25)2/h4-11,24H,12H2,1-3H3,(H,23,26). The maximum Gasteiger partial charge on any atom is 0.251 e. The number of aromatic nitrogens is 2. The summed E-state index contributed by atoms with van der Waals surface area (Å²) in [6.45, 7) is 3.64. The van der Waals surface area contributed by atoms with Crippen molar-refractivity contribution in [3.63, 3.8) is 0 Å². The number of benzene rings is 2. The van der Waals surface area contributed by atoms with Crippen molar-refractivity contribution < 1.29 is 17.6 Å². The average Bonchev–Trinajstić information content (AvgIpc) is 3.06. The molecule has 0 saturated carbocycles. The first-order chi connectivity index (χ1) is 13.6. The predicted molar refractivity (Wildman–Crippen MR) is 109 cm³/mol. The van der Waals surface area contributed by atoms with Crippen molar-refractivity contribution >= 4 is 21.6 Å². The van der Waals surface area contributed by atoms with Crippen molar-refractivity contribution in [2.75, 3.05) is 11.0 Å². The number of imidazole rings is 1. The number of hydrogen-bond donors (Lipinski definition) is 2. The van der Waals surface area contributed by atoms with Crippen molar-refractivity contribution in [1.82, 2.24) is 14.9 Å². The van der Waals surface area contributed by atoms with Crippen LogP contribution in [0.5, 0.6) is 0 Å². The van der Waals surface area contributed by atoms with E-state index in [4.69, 9.17) is 0 Å². The van der Waals surface area contributed by atoms with Crippen LogP contribution in [0.4, 0.5) is 10.1 Å². The lowest BCUT2D eigenvalue weighted by atomic mass is 10.1. The van der Waals surface area contributed by atoms with Crippen LogP contribution >= 0.6 is 0 Å². The summed E-state index contributed by atoms with van der Waals surface area (Å²) in [5.41, 5.74) is 2.31. The molecule has 0 bridgehead atoms. The lowest BCUT2D eigenvalue weighted by Gasteiger charge is -2.11. The first kappa shape index (κ1) is 20.5. The predicted octanol–water partition coefficient (Wildman–Crippen LogP) is 2.93. The number of carbonyl (C=O) groups is 1. The Balaban J connectivity index is 1.72. The quantitative estimate of drug-likeness (QED) is 0.646. The fourth-order valence-electron chi connectivity index (χ4n) is 2.85. The highest BCUT2D eigenvalue weighted by molar-refractivity contribution is 7.92. The van der Waals surface area contributed by atoms with Gasteiger partial charge < -0.3 is 9.88 Å². The molecule has 3 aromatic rings. The lowest BCUT2D eigenvalue weighted by molar-refractivity contribution is 0.0951. The van der Waals surface area contributed by atoms with Gasteiger partial charge in [-0.25, -0.2) is 17.8 Å². The van der Waals surface area contributed by atoms with Crippen molar-refractivity contribution in [2.45, 2.75) is 20.4 Å². The van der Waals surface area contributed by atoms with Gasteiger partial charge in [0.1, 0.15) is 11.6 Å². The van der Waals surface area contributed by atoms with Crippen molar-refractivity contribution in [2.24, 2.45) is 0 Å². The molecule has 152 valence electrons. The van der Waals surface area contributed by atoms with Gasteiger partial charge in [0.05, 0.1) is 17.6 Å². The molecule has 0 fully saturated rings. The number of nitrogens with one attached hydrogen (secondary N) is 2. The third kappa shape index (κ3) is 5.00. The van der Waals surface area contributed by atoms with Crippen molar-refractivity contribution in [3.8, 4) is 5.69 Å². The average molecular weight is 416 g/mol. The monoisotopic (exact) mass is 416 g/mol.